The van der Waals surface area contributed by atoms with Crippen LogP contribution in [0.2, 0.25) is 0 Å². The molecule has 92 valence electrons. The summed E-state index contributed by atoms with van der Waals surface area (Å²) < 4.78 is 4.53. The topological polar surface area (TPSA) is 49.8 Å². The van der Waals surface area contributed by atoms with Crippen LogP contribution in [-0.4, -0.2) is 31.3 Å². The Morgan fingerprint density at radius 1 is 1.41 bits per heavy atom. The lowest BCUT2D eigenvalue weighted by molar-refractivity contribution is -0.150. The molecule has 4 heteroatoms. The SMILES string of the molecule is COC(=O)C(O)c1cccc(N2CCCC2)c1. The second-order valence-corrected chi connectivity index (χ2v) is 4.21. The number of anilines is 1. The van der Waals surface area contributed by atoms with Gasteiger partial charge < -0.3 is 14.7 Å². The number of nitrogens with zero attached hydrogens (tertiary/aromatic N) is 1. The van der Waals surface area contributed by atoms with Gasteiger partial charge in [-0.3, -0.25) is 0 Å². The van der Waals surface area contributed by atoms with Crippen LogP contribution in [0, 0.1) is 0 Å². The van der Waals surface area contributed by atoms with Gasteiger partial charge in [0.2, 0.25) is 0 Å². The van der Waals surface area contributed by atoms with Gasteiger partial charge in [0.15, 0.2) is 6.10 Å². The molecule has 0 amide bonds. The van der Waals surface area contributed by atoms with Crippen LogP contribution < -0.4 is 4.90 Å². The minimum atomic E-state index is -1.19. The Kier molecular flexibility index (Phi) is 3.64. The third-order valence-corrected chi connectivity index (χ3v) is 3.08. The summed E-state index contributed by atoms with van der Waals surface area (Å²) in [5, 5.41) is 9.76. The third kappa shape index (κ3) is 2.58. The summed E-state index contributed by atoms with van der Waals surface area (Å²) in [5.41, 5.74) is 1.64. The molecule has 0 aromatic heterocycles. The average molecular weight is 235 g/mol. The van der Waals surface area contributed by atoms with Crippen molar-refractivity contribution in [1.29, 1.82) is 0 Å². The molecular weight excluding hydrogens is 218 g/mol. The Hall–Kier alpha value is -1.55. The van der Waals surface area contributed by atoms with Crippen LogP contribution in [0.3, 0.4) is 0 Å². The van der Waals surface area contributed by atoms with Crippen molar-refractivity contribution in [2.75, 3.05) is 25.1 Å². The van der Waals surface area contributed by atoms with E-state index in [1.165, 1.54) is 20.0 Å². The molecule has 0 saturated carbocycles. The zero-order chi connectivity index (χ0) is 12.3. The monoisotopic (exact) mass is 235 g/mol. The minimum absolute atomic E-state index is 0.584. The first-order valence-corrected chi connectivity index (χ1v) is 5.83. The Balaban J connectivity index is 2.18. The van der Waals surface area contributed by atoms with Gasteiger partial charge in [0.25, 0.3) is 0 Å². The largest absolute Gasteiger partial charge is 0.467 e. The maximum absolute atomic E-state index is 11.3. The fourth-order valence-corrected chi connectivity index (χ4v) is 2.11. The fourth-order valence-electron chi connectivity index (χ4n) is 2.11. The second kappa shape index (κ2) is 5.19. The number of carbonyl (C=O) groups is 1. The second-order valence-electron chi connectivity index (χ2n) is 4.21. The van der Waals surface area contributed by atoms with Crippen molar-refractivity contribution in [2.24, 2.45) is 0 Å². The molecule has 1 atom stereocenters. The highest BCUT2D eigenvalue weighted by atomic mass is 16.5. The number of rotatable bonds is 3. The van der Waals surface area contributed by atoms with Gasteiger partial charge in [-0.05, 0) is 30.5 Å². The number of hydrogen-bond donors (Lipinski definition) is 1. The number of aliphatic hydroxyl groups excluding tert-OH is 1. The molecule has 0 radical (unpaired) electrons. The van der Waals surface area contributed by atoms with Crippen molar-refractivity contribution in [1.82, 2.24) is 0 Å². The van der Waals surface area contributed by atoms with E-state index < -0.39 is 12.1 Å². The van der Waals surface area contributed by atoms with Crippen LogP contribution in [0.25, 0.3) is 0 Å². The van der Waals surface area contributed by atoms with E-state index in [1.54, 1.807) is 6.07 Å². The number of hydrogen-bond acceptors (Lipinski definition) is 4. The molecule has 4 nitrogen and oxygen atoms in total. The number of ether oxygens (including phenoxy) is 1. The first-order valence-electron chi connectivity index (χ1n) is 5.83. The lowest BCUT2D eigenvalue weighted by atomic mass is 10.1. The molecular formula is C13H17NO3. The van der Waals surface area contributed by atoms with Gasteiger partial charge in [-0.1, -0.05) is 12.1 Å². The zero-order valence-electron chi connectivity index (χ0n) is 9.93. The van der Waals surface area contributed by atoms with E-state index in [-0.39, 0.29) is 0 Å². The summed E-state index contributed by atoms with van der Waals surface area (Å²) >= 11 is 0. The van der Waals surface area contributed by atoms with Crippen molar-refractivity contribution in [3.63, 3.8) is 0 Å². The maximum Gasteiger partial charge on any atom is 0.339 e. The molecule has 1 aliphatic rings. The predicted molar refractivity (Wildman–Crippen MR) is 64.9 cm³/mol. The molecule has 1 fully saturated rings. The molecule has 1 saturated heterocycles. The molecule has 0 spiro atoms. The Labute approximate surface area is 101 Å². The molecule has 1 unspecified atom stereocenters. The summed E-state index contributed by atoms with van der Waals surface area (Å²) in [5.74, 6) is -0.622. The van der Waals surface area contributed by atoms with Gasteiger partial charge in [-0.25, -0.2) is 4.79 Å². The summed E-state index contributed by atoms with van der Waals surface area (Å²) in [7, 11) is 1.27. The van der Waals surface area contributed by atoms with Crippen molar-refractivity contribution in [2.45, 2.75) is 18.9 Å². The molecule has 1 aliphatic heterocycles. The predicted octanol–water partition coefficient (Wildman–Crippen LogP) is 1.49. The van der Waals surface area contributed by atoms with Crippen molar-refractivity contribution in [3.05, 3.63) is 29.8 Å². The number of benzene rings is 1. The summed E-state index contributed by atoms with van der Waals surface area (Å²) in [6.07, 6.45) is 1.20. The van der Waals surface area contributed by atoms with Crippen molar-refractivity contribution >= 4 is 11.7 Å². The Bertz CT molecular complexity index is 399. The normalized spacial score (nSPS) is 16.9. The first kappa shape index (κ1) is 11.9. The van der Waals surface area contributed by atoms with Gasteiger partial charge >= 0.3 is 5.97 Å². The Morgan fingerprint density at radius 3 is 2.76 bits per heavy atom. The Morgan fingerprint density at radius 2 is 2.12 bits per heavy atom. The van der Waals surface area contributed by atoms with Gasteiger partial charge in [-0.2, -0.15) is 0 Å². The fraction of sp³-hybridized carbons (Fsp3) is 0.462. The molecule has 1 aromatic carbocycles. The van der Waals surface area contributed by atoms with Crippen LogP contribution >= 0.6 is 0 Å². The van der Waals surface area contributed by atoms with E-state index in [0.717, 1.165) is 18.8 Å². The van der Waals surface area contributed by atoms with Crippen LogP contribution in [0.1, 0.15) is 24.5 Å². The summed E-state index contributed by atoms with van der Waals surface area (Å²) in [4.78, 5) is 13.5. The average Bonchev–Trinajstić information content (AvgIpc) is 2.91. The molecule has 0 bridgehead atoms. The van der Waals surface area contributed by atoms with Gasteiger partial charge in [-0.15, -0.1) is 0 Å². The zero-order valence-corrected chi connectivity index (χ0v) is 9.93. The highest BCUT2D eigenvalue weighted by Crippen LogP contribution is 2.24. The van der Waals surface area contributed by atoms with E-state index in [2.05, 4.69) is 9.64 Å². The minimum Gasteiger partial charge on any atom is -0.467 e. The third-order valence-electron chi connectivity index (χ3n) is 3.08. The number of aliphatic hydroxyl groups is 1. The lowest BCUT2D eigenvalue weighted by Crippen LogP contribution is -2.19. The highest BCUT2D eigenvalue weighted by Gasteiger charge is 2.19. The standard InChI is InChI=1S/C13H17NO3/c1-17-13(16)12(15)10-5-4-6-11(9-10)14-7-2-3-8-14/h4-6,9,12,15H,2-3,7-8H2,1H3. The number of methoxy groups -OCH3 is 1. The molecule has 17 heavy (non-hydrogen) atoms. The van der Waals surface area contributed by atoms with E-state index in [9.17, 15) is 9.90 Å². The van der Waals surface area contributed by atoms with Gasteiger partial charge in [0.05, 0.1) is 7.11 Å². The number of esters is 1. The molecule has 1 aromatic rings. The van der Waals surface area contributed by atoms with E-state index >= 15 is 0 Å². The van der Waals surface area contributed by atoms with Crippen molar-refractivity contribution in [3.8, 4) is 0 Å². The van der Waals surface area contributed by atoms with Gasteiger partial charge in [0, 0.05) is 18.8 Å². The molecule has 1 N–H and O–H groups in total. The number of carbonyl (C=O) groups excluding carboxylic acids is 1. The smallest absolute Gasteiger partial charge is 0.339 e. The quantitative estimate of drug-likeness (QED) is 0.806. The molecule has 0 aliphatic carbocycles. The lowest BCUT2D eigenvalue weighted by Gasteiger charge is -2.19. The maximum atomic E-state index is 11.3. The van der Waals surface area contributed by atoms with E-state index in [1.807, 2.05) is 18.2 Å². The summed E-state index contributed by atoms with van der Waals surface area (Å²) in [6.45, 7) is 2.08. The molecule has 1 heterocycles. The summed E-state index contributed by atoms with van der Waals surface area (Å²) in [6, 6.07) is 7.45. The van der Waals surface area contributed by atoms with Crippen LogP contribution in [-0.2, 0) is 9.53 Å². The van der Waals surface area contributed by atoms with E-state index in [0.29, 0.717) is 5.56 Å². The van der Waals surface area contributed by atoms with E-state index in [4.69, 9.17) is 0 Å². The van der Waals surface area contributed by atoms with Crippen molar-refractivity contribution < 1.29 is 14.6 Å². The first-order chi connectivity index (χ1) is 8.22. The highest BCUT2D eigenvalue weighted by molar-refractivity contribution is 5.76. The van der Waals surface area contributed by atoms with Gasteiger partial charge in [0.1, 0.15) is 0 Å². The molecule has 2 rings (SSSR count). The van der Waals surface area contributed by atoms with Crippen LogP contribution in [0.5, 0.6) is 0 Å². The van der Waals surface area contributed by atoms with Crippen LogP contribution in [0.15, 0.2) is 24.3 Å². The van der Waals surface area contributed by atoms with Crippen LogP contribution in [0.4, 0.5) is 5.69 Å².